The van der Waals surface area contributed by atoms with E-state index in [9.17, 15) is 8.42 Å². The monoisotopic (exact) mass is 307 g/mol. The van der Waals surface area contributed by atoms with Gasteiger partial charge in [0.15, 0.2) is 0 Å². The second kappa shape index (κ2) is 5.95. The van der Waals surface area contributed by atoms with Crippen LogP contribution in [0.15, 0.2) is 39.9 Å². The number of aryl methyl sites for hydroxylation is 1. The van der Waals surface area contributed by atoms with E-state index in [0.717, 1.165) is 9.87 Å². The maximum Gasteiger partial charge on any atom is 0.264 e. The summed E-state index contributed by atoms with van der Waals surface area (Å²) in [5.74, 6) is 0. The first kappa shape index (κ1) is 15.3. The smallest absolute Gasteiger partial charge is 0.264 e. The predicted molar refractivity (Wildman–Crippen MR) is 75.1 cm³/mol. The Labute approximate surface area is 118 Å². The summed E-state index contributed by atoms with van der Waals surface area (Å²) in [6, 6.07) is 6.35. The largest absolute Gasteiger partial charge is 0.268 e. The highest BCUT2D eigenvalue weighted by Crippen LogP contribution is 2.21. The van der Waals surface area contributed by atoms with E-state index in [0.29, 0.717) is 0 Å². The van der Waals surface area contributed by atoms with E-state index in [2.05, 4.69) is 0 Å². The van der Waals surface area contributed by atoms with Gasteiger partial charge in [0.1, 0.15) is 4.49 Å². The molecule has 100 valence electrons. The van der Waals surface area contributed by atoms with Crippen molar-refractivity contribution in [2.24, 2.45) is 0 Å². The van der Waals surface area contributed by atoms with Gasteiger partial charge in [0.05, 0.1) is 4.90 Å². The third kappa shape index (κ3) is 3.64. The molecule has 1 aromatic carbocycles. The highest BCUT2D eigenvalue weighted by atomic mass is 35.5. The quantitative estimate of drug-likeness (QED) is 0.851. The van der Waals surface area contributed by atoms with Crippen LogP contribution in [0.3, 0.4) is 0 Å². The number of hydrogen-bond acceptors (Lipinski definition) is 2. The van der Waals surface area contributed by atoms with Crippen LogP contribution in [-0.4, -0.2) is 18.8 Å². The van der Waals surface area contributed by atoms with Gasteiger partial charge in [0.2, 0.25) is 0 Å². The average molecular weight is 308 g/mol. The molecule has 6 heteroatoms. The van der Waals surface area contributed by atoms with Crippen LogP contribution in [0.25, 0.3) is 0 Å². The number of benzene rings is 1. The zero-order chi connectivity index (χ0) is 13.9. The van der Waals surface area contributed by atoms with Gasteiger partial charge in [0, 0.05) is 12.2 Å². The third-order valence-corrected chi connectivity index (χ3v) is 4.48. The average Bonchev–Trinajstić information content (AvgIpc) is 2.25. The lowest BCUT2D eigenvalue weighted by Crippen LogP contribution is -2.32. The lowest BCUT2D eigenvalue weighted by molar-refractivity contribution is 0.442. The van der Waals surface area contributed by atoms with E-state index in [4.69, 9.17) is 23.2 Å². The molecule has 0 radical (unpaired) electrons. The molecule has 0 atom stereocenters. The van der Waals surface area contributed by atoms with Gasteiger partial charge >= 0.3 is 0 Å². The van der Waals surface area contributed by atoms with Gasteiger partial charge < -0.3 is 0 Å². The highest BCUT2D eigenvalue weighted by Gasteiger charge is 2.24. The lowest BCUT2D eigenvalue weighted by atomic mass is 10.2. The van der Waals surface area contributed by atoms with E-state index in [-0.39, 0.29) is 15.4 Å². The van der Waals surface area contributed by atoms with Crippen molar-refractivity contribution in [2.45, 2.75) is 31.7 Å². The van der Waals surface area contributed by atoms with E-state index in [1.807, 2.05) is 6.92 Å². The van der Waals surface area contributed by atoms with Crippen molar-refractivity contribution >= 4 is 33.2 Å². The zero-order valence-corrected chi connectivity index (χ0v) is 12.7. The van der Waals surface area contributed by atoms with Gasteiger partial charge in [0.25, 0.3) is 10.0 Å². The van der Waals surface area contributed by atoms with Gasteiger partial charge in [-0.25, -0.2) is 8.42 Å². The molecular formula is C12H15Cl2NO2S. The molecule has 0 fully saturated rings. The van der Waals surface area contributed by atoms with Crippen molar-refractivity contribution in [3.8, 4) is 0 Å². The number of halogens is 2. The zero-order valence-electron chi connectivity index (χ0n) is 10.4. The van der Waals surface area contributed by atoms with E-state index in [1.54, 1.807) is 38.1 Å². The Kier molecular flexibility index (Phi) is 5.08. The first-order chi connectivity index (χ1) is 8.25. The van der Waals surface area contributed by atoms with Gasteiger partial charge in [-0.15, -0.1) is 0 Å². The molecule has 0 saturated heterocycles. The van der Waals surface area contributed by atoms with Crippen molar-refractivity contribution in [1.29, 1.82) is 0 Å². The van der Waals surface area contributed by atoms with Crippen molar-refractivity contribution in [2.75, 3.05) is 0 Å². The Balaban J connectivity index is 3.26. The fourth-order valence-corrected chi connectivity index (χ4v) is 3.27. The fourth-order valence-electron chi connectivity index (χ4n) is 1.42. The molecule has 0 bridgehead atoms. The Bertz CT molecular complexity index is 532. The summed E-state index contributed by atoms with van der Waals surface area (Å²) in [4.78, 5) is 0.215. The van der Waals surface area contributed by atoms with E-state index >= 15 is 0 Å². The molecule has 0 aliphatic carbocycles. The minimum absolute atomic E-state index is 0.0978. The molecule has 0 N–H and O–H groups in total. The predicted octanol–water partition coefficient (Wildman–Crippen LogP) is 3.67. The number of nitrogens with zero attached hydrogens (tertiary/aromatic N) is 1. The molecule has 0 saturated carbocycles. The molecule has 0 aromatic heterocycles. The molecular weight excluding hydrogens is 293 g/mol. The molecule has 0 amide bonds. The van der Waals surface area contributed by atoms with Crippen LogP contribution in [-0.2, 0) is 10.0 Å². The number of hydrogen-bond donors (Lipinski definition) is 0. The molecule has 1 rings (SSSR count). The molecule has 0 aliphatic rings. The molecule has 18 heavy (non-hydrogen) atoms. The first-order valence-corrected chi connectivity index (χ1v) is 7.58. The minimum Gasteiger partial charge on any atom is -0.268 e. The maximum absolute atomic E-state index is 12.4. The van der Waals surface area contributed by atoms with Crippen LogP contribution >= 0.6 is 23.2 Å². The molecule has 0 unspecified atom stereocenters. The Hall–Kier alpha value is -0.710. The van der Waals surface area contributed by atoms with Crippen LogP contribution < -0.4 is 0 Å². The second-order valence-corrected chi connectivity index (χ2v) is 7.01. The SMILES string of the molecule is Cc1ccc(S(=O)(=O)N(C=C(Cl)Cl)C(C)C)cc1. The van der Waals surface area contributed by atoms with Gasteiger partial charge in [-0.05, 0) is 32.9 Å². The number of rotatable bonds is 4. The highest BCUT2D eigenvalue weighted by molar-refractivity contribution is 7.89. The van der Waals surface area contributed by atoms with Crippen LogP contribution in [0.5, 0.6) is 0 Å². The van der Waals surface area contributed by atoms with Crippen molar-refractivity contribution in [1.82, 2.24) is 4.31 Å². The summed E-state index contributed by atoms with van der Waals surface area (Å²) in [5.41, 5.74) is 0.996. The summed E-state index contributed by atoms with van der Waals surface area (Å²) >= 11 is 11.1. The summed E-state index contributed by atoms with van der Waals surface area (Å²) in [5, 5.41) is 0. The molecule has 0 aliphatic heterocycles. The fraction of sp³-hybridized carbons (Fsp3) is 0.333. The van der Waals surface area contributed by atoms with Crippen LogP contribution in [0.1, 0.15) is 19.4 Å². The minimum atomic E-state index is -3.62. The van der Waals surface area contributed by atoms with Crippen molar-refractivity contribution in [3.63, 3.8) is 0 Å². The lowest BCUT2D eigenvalue weighted by Gasteiger charge is -2.24. The van der Waals surface area contributed by atoms with Gasteiger partial charge in [-0.3, -0.25) is 4.31 Å². The standard InChI is InChI=1S/C12H15Cl2NO2S/c1-9(2)15(8-12(13)14)18(16,17)11-6-4-10(3)5-7-11/h4-9H,1-3H3. The van der Waals surface area contributed by atoms with Gasteiger partial charge in [-0.2, -0.15) is 0 Å². The molecule has 0 spiro atoms. The van der Waals surface area contributed by atoms with Crippen molar-refractivity contribution in [3.05, 3.63) is 40.5 Å². The molecule has 1 aromatic rings. The summed E-state index contributed by atoms with van der Waals surface area (Å²) in [6.07, 6.45) is 1.21. The van der Waals surface area contributed by atoms with Crippen molar-refractivity contribution < 1.29 is 8.42 Å². The van der Waals surface area contributed by atoms with Crippen LogP contribution in [0.4, 0.5) is 0 Å². The Morgan fingerprint density at radius 2 is 1.72 bits per heavy atom. The molecule has 3 nitrogen and oxygen atoms in total. The van der Waals surface area contributed by atoms with Crippen LogP contribution in [0, 0.1) is 6.92 Å². The third-order valence-electron chi connectivity index (χ3n) is 2.33. The van der Waals surface area contributed by atoms with Crippen LogP contribution in [0.2, 0.25) is 0 Å². The summed E-state index contributed by atoms with van der Waals surface area (Å²) < 4.78 is 25.8. The summed E-state index contributed by atoms with van der Waals surface area (Å²) in [6.45, 7) is 5.39. The second-order valence-electron chi connectivity index (χ2n) is 4.16. The van der Waals surface area contributed by atoms with E-state index < -0.39 is 10.0 Å². The number of sulfonamides is 1. The Morgan fingerprint density at radius 1 is 1.22 bits per heavy atom. The summed E-state index contributed by atoms with van der Waals surface area (Å²) in [7, 11) is -3.62. The Morgan fingerprint density at radius 3 is 2.11 bits per heavy atom. The van der Waals surface area contributed by atoms with E-state index in [1.165, 1.54) is 6.20 Å². The normalized spacial score (nSPS) is 11.4. The van der Waals surface area contributed by atoms with Gasteiger partial charge in [-0.1, -0.05) is 40.9 Å². The maximum atomic E-state index is 12.4. The topological polar surface area (TPSA) is 37.4 Å². The molecule has 0 heterocycles. The first-order valence-electron chi connectivity index (χ1n) is 5.38.